The summed E-state index contributed by atoms with van der Waals surface area (Å²) in [5.41, 5.74) is 3.79. The molecule has 1 N–H and O–H groups in total. The molecule has 0 aromatic heterocycles. The van der Waals surface area contributed by atoms with Crippen molar-refractivity contribution in [1.82, 2.24) is 10.2 Å². The number of nitrogens with zero attached hydrogens (tertiary/aromatic N) is 1. The molecule has 31 heavy (non-hydrogen) atoms. The highest BCUT2D eigenvalue weighted by atomic mass is 16.5. The number of nitrogens with one attached hydrogen (secondary N) is 1. The molecule has 3 rings (SSSR count). The number of likely N-dealkylation sites (tertiary alicyclic amines) is 1. The van der Waals surface area contributed by atoms with Gasteiger partial charge in [-0.1, -0.05) is 48.0 Å². The zero-order chi connectivity index (χ0) is 22.4. The average molecular weight is 423 g/mol. The van der Waals surface area contributed by atoms with Gasteiger partial charge in [-0.05, 0) is 50.8 Å². The van der Waals surface area contributed by atoms with Gasteiger partial charge in [0.05, 0.1) is 5.92 Å². The van der Waals surface area contributed by atoms with Crippen LogP contribution >= 0.6 is 0 Å². The number of aryl methyl sites for hydroxylation is 2. The van der Waals surface area contributed by atoms with E-state index < -0.39 is 6.10 Å². The van der Waals surface area contributed by atoms with Crippen LogP contribution in [0.15, 0.2) is 48.5 Å². The predicted molar refractivity (Wildman–Crippen MR) is 118 cm³/mol. The number of amides is 2. The number of carbonyl (C=O) groups excluding carboxylic acids is 3. The Kier molecular flexibility index (Phi) is 7.45. The Balaban J connectivity index is 1.44. The molecule has 6 nitrogen and oxygen atoms in total. The van der Waals surface area contributed by atoms with Crippen LogP contribution in [-0.4, -0.2) is 41.9 Å². The molecule has 0 radical (unpaired) electrons. The van der Waals surface area contributed by atoms with Crippen LogP contribution in [0.25, 0.3) is 0 Å². The summed E-state index contributed by atoms with van der Waals surface area (Å²) in [6.45, 7) is 6.90. The summed E-state index contributed by atoms with van der Waals surface area (Å²) >= 11 is 0. The lowest BCUT2D eigenvalue weighted by Crippen LogP contribution is -2.42. The molecule has 0 spiro atoms. The molecule has 1 aliphatic heterocycles. The Hall–Kier alpha value is -3.15. The summed E-state index contributed by atoms with van der Waals surface area (Å²) in [6.07, 6.45) is 0.215. The summed E-state index contributed by atoms with van der Waals surface area (Å²) in [5, 5.41) is 2.80. The number of rotatable bonds is 6. The first-order valence-electron chi connectivity index (χ1n) is 10.7. The van der Waals surface area contributed by atoms with Crippen LogP contribution in [0.3, 0.4) is 0 Å². The molecule has 6 heteroatoms. The van der Waals surface area contributed by atoms with Crippen LogP contribution in [0.1, 0.15) is 46.8 Å². The second-order valence-electron chi connectivity index (χ2n) is 8.16. The molecule has 0 bridgehead atoms. The van der Waals surface area contributed by atoms with E-state index in [0.717, 1.165) is 16.7 Å². The second kappa shape index (κ2) is 10.2. The maximum absolute atomic E-state index is 12.7. The van der Waals surface area contributed by atoms with Crippen molar-refractivity contribution in [2.24, 2.45) is 5.92 Å². The van der Waals surface area contributed by atoms with E-state index in [-0.39, 0.29) is 23.7 Å². The maximum Gasteiger partial charge on any atom is 0.309 e. The van der Waals surface area contributed by atoms with E-state index >= 15 is 0 Å². The summed E-state index contributed by atoms with van der Waals surface area (Å²) in [6, 6.07) is 15.4. The minimum atomic E-state index is -0.857. The molecular formula is C25H30N2O4. The lowest BCUT2D eigenvalue weighted by Gasteiger charge is -2.31. The van der Waals surface area contributed by atoms with Gasteiger partial charge in [0, 0.05) is 25.2 Å². The van der Waals surface area contributed by atoms with Gasteiger partial charge in [-0.25, -0.2) is 0 Å². The van der Waals surface area contributed by atoms with Crippen LogP contribution in [0.5, 0.6) is 0 Å². The Morgan fingerprint density at radius 3 is 2.32 bits per heavy atom. The highest BCUT2D eigenvalue weighted by Gasteiger charge is 2.31. The third-order valence-electron chi connectivity index (χ3n) is 5.74. The molecule has 2 aromatic carbocycles. The van der Waals surface area contributed by atoms with Gasteiger partial charge in [-0.2, -0.15) is 0 Å². The molecule has 0 saturated carbocycles. The Morgan fingerprint density at radius 2 is 1.68 bits per heavy atom. The van der Waals surface area contributed by atoms with Crippen molar-refractivity contribution in [2.75, 3.05) is 13.1 Å². The largest absolute Gasteiger partial charge is 0.452 e. The van der Waals surface area contributed by atoms with Crippen molar-refractivity contribution in [3.8, 4) is 0 Å². The van der Waals surface area contributed by atoms with Gasteiger partial charge in [0.1, 0.15) is 0 Å². The monoisotopic (exact) mass is 422 g/mol. The van der Waals surface area contributed by atoms with E-state index in [1.165, 1.54) is 0 Å². The molecule has 1 fully saturated rings. The van der Waals surface area contributed by atoms with E-state index in [0.29, 0.717) is 38.0 Å². The molecule has 2 amide bonds. The van der Waals surface area contributed by atoms with Gasteiger partial charge in [0.25, 0.3) is 11.8 Å². The van der Waals surface area contributed by atoms with Crippen LogP contribution in [0, 0.1) is 19.8 Å². The standard InChI is InChI=1S/C25H30N2O4/c1-17-8-10-20(11-9-17)16-26-23(28)19(3)31-25(30)21-12-14-27(15-13-21)24(29)22-7-5-4-6-18(22)2/h4-11,19,21H,12-16H2,1-3H3,(H,26,28)/t19-/m0/s1. The molecule has 0 aliphatic carbocycles. The normalized spacial score (nSPS) is 15.3. The predicted octanol–water partition coefficient (Wildman–Crippen LogP) is 3.40. The molecule has 164 valence electrons. The molecule has 2 aromatic rings. The van der Waals surface area contributed by atoms with Gasteiger partial charge in [-0.3, -0.25) is 14.4 Å². The second-order valence-corrected chi connectivity index (χ2v) is 8.16. The fourth-order valence-electron chi connectivity index (χ4n) is 3.66. The lowest BCUT2D eigenvalue weighted by molar-refractivity contribution is -0.160. The quantitative estimate of drug-likeness (QED) is 0.724. The number of ether oxygens (including phenoxy) is 1. The third kappa shape index (κ3) is 5.94. The van der Waals surface area contributed by atoms with E-state index in [4.69, 9.17) is 4.74 Å². The zero-order valence-corrected chi connectivity index (χ0v) is 18.4. The average Bonchev–Trinajstić information content (AvgIpc) is 2.78. The van der Waals surface area contributed by atoms with Gasteiger partial charge < -0.3 is 15.0 Å². The molecule has 1 aliphatic rings. The van der Waals surface area contributed by atoms with Crippen molar-refractivity contribution >= 4 is 17.8 Å². The molecule has 1 saturated heterocycles. The minimum Gasteiger partial charge on any atom is -0.452 e. The number of benzene rings is 2. The van der Waals surface area contributed by atoms with Crippen molar-refractivity contribution in [3.63, 3.8) is 0 Å². The van der Waals surface area contributed by atoms with Crippen molar-refractivity contribution in [3.05, 3.63) is 70.8 Å². The first-order valence-corrected chi connectivity index (χ1v) is 10.7. The highest BCUT2D eigenvalue weighted by molar-refractivity contribution is 5.95. The van der Waals surface area contributed by atoms with Crippen molar-refractivity contribution in [2.45, 2.75) is 46.3 Å². The summed E-state index contributed by atoms with van der Waals surface area (Å²) in [7, 11) is 0. The zero-order valence-electron chi connectivity index (χ0n) is 18.4. The van der Waals surface area contributed by atoms with E-state index in [9.17, 15) is 14.4 Å². The van der Waals surface area contributed by atoms with Crippen LogP contribution in [-0.2, 0) is 20.9 Å². The summed E-state index contributed by atoms with van der Waals surface area (Å²) in [5.74, 6) is -0.996. The SMILES string of the molecule is Cc1ccc(CNC(=O)[C@H](C)OC(=O)C2CCN(C(=O)c3ccccc3C)CC2)cc1. The van der Waals surface area contributed by atoms with E-state index in [2.05, 4.69) is 5.32 Å². The van der Waals surface area contributed by atoms with Crippen LogP contribution in [0.4, 0.5) is 0 Å². The smallest absolute Gasteiger partial charge is 0.309 e. The number of piperidine rings is 1. The Morgan fingerprint density at radius 1 is 1.03 bits per heavy atom. The highest BCUT2D eigenvalue weighted by Crippen LogP contribution is 2.22. The third-order valence-corrected chi connectivity index (χ3v) is 5.74. The van der Waals surface area contributed by atoms with Gasteiger partial charge in [-0.15, -0.1) is 0 Å². The first-order chi connectivity index (χ1) is 14.8. The van der Waals surface area contributed by atoms with Crippen LogP contribution < -0.4 is 5.32 Å². The maximum atomic E-state index is 12.7. The summed E-state index contributed by atoms with van der Waals surface area (Å²) < 4.78 is 5.40. The number of hydrogen-bond acceptors (Lipinski definition) is 4. The number of hydrogen-bond donors (Lipinski definition) is 1. The van der Waals surface area contributed by atoms with E-state index in [1.54, 1.807) is 11.8 Å². The fraction of sp³-hybridized carbons (Fsp3) is 0.400. The van der Waals surface area contributed by atoms with Crippen LogP contribution in [0.2, 0.25) is 0 Å². The number of esters is 1. The van der Waals surface area contributed by atoms with Gasteiger partial charge in [0.15, 0.2) is 6.10 Å². The molecule has 0 unspecified atom stereocenters. The topological polar surface area (TPSA) is 75.7 Å². The lowest BCUT2D eigenvalue weighted by atomic mass is 9.96. The summed E-state index contributed by atoms with van der Waals surface area (Å²) in [4.78, 5) is 39.3. The van der Waals surface area contributed by atoms with Crippen molar-refractivity contribution in [1.29, 1.82) is 0 Å². The minimum absolute atomic E-state index is 0.00577. The van der Waals surface area contributed by atoms with Crippen molar-refractivity contribution < 1.29 is 19.1 Å². The Bertz CT molecular complexity index is 931. The molecule has 1 atom stereocenters. The fourth-order valence-corrected chi connectivity index (χ4v) is 3.66. The molecule has 1 heterocycles. The number of carbonyl (C=O) groups is 3. The Labute approximate surface area is 183 Å². The first kappa shape index (κ1) is 22.5. The van der Waals surface area contributed by atoms with E-state index in [1.807, 2.05) is 62.4 Å². The molecular weight excluding hydrogens is 392 g/mol. The van der Waals surface area contributed by atoms with Gasteiger partial charge >= 0.3 is 5.97 Å². The van der Waals surface area contributed by atoms with Gasteiger partial charge in [0.2, 0.25) is 0 Å².